The van der Waals surface area contributed by atoms with E-state index in [1.807, 2.05) is 24.4 Å². The van der Waals surface area contributed by atoms with Gasteiger partial charge in [-0.25, -0.2) is 4.98 Å². The van der Waals surface area contributed by atoms with Gasteiger partial charge in [0.2, 0.25) is 0 Å². The number of carbonyl (C=O) groups excluding carboxylic acids is 1. The first-order chi connectivity index (χ1) is 10.2. The summed E-state index contributed by atoms with van der Waals surface area (Å²) in [6, 6.07) is 5.50. The quantitative estimate of drug-likeness (QED) is 0.651. The lowest BCUT2D eigenvalue weighted by molar-refractivity contribution is -0.117. The van der Waals surface area contributed by atoms with Crippen molar-refractivity contribution in [2.75, 3.05) is 5.32 Å². The van der Waals surface area contributed by atoms with E-state index in [1.165, 1.54) is 17.5 Å². The van der Waals surface area contributed by atoms with E-state index in [2.05, 4.69) is 20.6 Å². The average Bonchev–Trinajstić information content (AvgIpc) is 2.92. The number of hydrogen-bond donors (Lipinski definition) is 2. The Balaban J connectivity index is 1.94. The molecule has 0 spiro atoms. The largest absolute Gasteiger partial charge is 0.347 e. The highest BCUT2D eigenvalue weighted by molar-refractivity contribution is 7.13. The molecule has 0 radical (unpaired) electrons. The Morgan fingerprint density at radius 1 is 1.57 bits per heavy atom. The molecule has 0 unspecified atom stereocenters. The molecular formula is C14H13N5OS. The minimum Gasteiger partial charge on any atom is -0.347 e. The van der Waals surface area contributed by atoms with Gasteiger partial charge in [0.25, 0.3) is 5.91 Å². The second-order valence-electron chi connectivity index (χ2n) is 4.15. The van der Waals surface area contributed by atoms with Crippen LogP contribution >= 0.6 is 11.3 Å². The maximum Gasteiger partial charge on any atom is 0.263 e. The lowest BCUT2D eigenvalue weighted by atomic mass is 10.2. The van der Waals surface area contributed by atoms with E-state index in [0.717, 1.165) is 11.3 Å². The van der Waals surface area contributed by atoms with Crippen molar-refractivity contribution in [2.24, 2.45) is 0 Å². The zero-order chi connectivity index (χ0) is 15.1. The zero-order valence-corrected chi connectivity index (χ0v) is 12.1. The van der Waals surface area contributed by atoms with Crippen LogP contribution in [0.4, 0.5) is 5.13 Å². The third kappa shape index (κ3) is 4.40. The monoisotopic (exact) mass is 299 g/mol. The van der Waals surface area contributed by atoms with Crippen LogP contribution in [0.15, 0.2) is 41.7 Å². The van der Waals surface area contributed by atoms with Crippen molar-refractivity contribution >= 4 is 22.4 Å². The molecule has 2 N–H and O–H groups in total. The second-order valence-corrected chi connectivity index (χ2v) is 5.01. The van der Waals surface area contributed by atoms with Crippen molar-refractivity contribution < 1.29 is 4.79 Å². The zero-order valence-electron chi connectivity index (χ0n) is 11.3. The molecule has 0 saturated carbocycles. The molecule has 0 aliphatic rings. The average molecular weight is 299 g/mol. The summed E-state index contributed by atoms with van der Waals surface area (Å²) in [5, 5.41) is 17.1. The summed E-state index contributed by atoms with van der Waals surface area (Å²) in [4.78, 5) is 20.0. The van der Waals surface area contributed by atoms with Crippen LogP contribution in [0.2, 0.25) is 0 Å². The number of nitriles is 1. The summed E-state index contributed by atoms with van der Waals surface area (Å²) >= 11 is 1.41. The van der Waals surface area contributed by atoms with Gasteiger partial charge in [-0.05, 0) is 18.6 Å². The van der Waals surface area contributed by atoms with E-state index in [0.29, 0.717) is 11.7 Å². The first-order valence-electron chi connectivity index (χ1n) is 6.15. The van der Waals surface area contributed by atoms with Gasteiger partial charge in [0.05, 0.1) is 5.69 Å². The number of carbonyl (C=O) groups is 1. The minimum atomic E-state index is -0.442. The molecule has 21 heavy (non-hydrogen) atoms. The van der Waals surface area contributed by atoms with Crippen molar-refractivity contribution in [3.8, 4) is 6.07 Å². The molecule has 0 aromatic carbocycles. The van der Waals surface area contributed by atoms with E-state index in [9.17, 15) is 4.79 Å². The number of thiazole rings is 1. The summed E-state index contributed by atoms with van der Waals surface area (Å²) in [6.07, 6.45) is 4.68. The molecule has 2 aromatic rings. The van der Waals surface area contributed by atoms with Crippen LogP contribution in [0.25, 0.3) is 0 Å². The van der Waals surface area contributed by atoms with Gasteiger partial charge in [0.15, 0.2) is 5.13 Å². The molecule has 0 atom stereocenters. The number of hydrogen-bond acceptors (Lipinski definition) is 6. The Labute approximate surface area is 126 Å². The van der Waals surface area contributed by atoms with Crippen LogP contribution in [-0.4, -0.2) is 15.9 Å². The fourth-order valence-electron chi connectivity index (χ4n) is 1.48. The Morgan fingerprint density at radius 3 is 3.05 bits per heavy atom. The van der Waals surface area contributed by atoms with E-state index < -0.39 is 5.91 Å². The molecule has 0 aliphatic carbocycles. The van der Waals surface area contributed by atoms with Crippen LogP contribution in [0, 0.1) is 18.3 Å². The molecule has 106 valence electrons. The van der Waals surface area contributed by atoms with Gasteiger partial charge in [0, 0.05) is 30.5 Å². The lowest BCUT2D eigenvalue weighted by Crippen LogP contribution is -2.24. The summed E-state index contributed by atoms with van der Waals surface area (Å²) in [5.74, 6) is -0.442. The molecule has 0 aliphatic heterocycles. The number of amides is 1. The number of aromatic nitrogens is 2. The summed E-state index contributed by atoms with van der Waals surface area (Å²) in [5.41, 5.74) is 1.74. The molecular weight excluding hydrogens is 286 g/mol. The van der Waals surface area contributed by atoms with Crippen molar-refractivity contribution in [1.29, 1.82) is 5.26 Å². The first kappa shape index (κ1) is 14.7. The Bertz CT molecular complexity index is 687. The number of anilines is 1. The topological polar surface area (TPSA) is 90.7 Å². The SMILES string of the molecule is Cc1csc(N/C=C(/C#N)C(=O)NCc2cccnc2)n1. The van der Waals surface area contributed by atoms with Crippen molar-refractivity contribution in [2.45, 2.75) is 13.5 Å². The van der Waals surface area contributed by atoms with Crippen molar-refractivity contribution in [3.63, 3.8) is 0 Å². The third-order valence-electron chi connectivity index (χ3n) is 2.50. The highest BCUT2D eigenvalue weighted by atomic mass is 32.1. The van der Waals surface area contributed by atoms with Gasteiger partial charge < -0.3 is 10.6 Å². The van der Waals surface area contributed by atoms with Crippen LogP contribution in [0.3, 0.4) is 0 Å². The number of pyridine rings is 1. The van der Waals surface area contributed by atoms with Gasteiger partial charge in [-0.1, -0.05) is 6.07 Å². The number of rotatable bonds is 5. The van der Waals surface area contributed by atoms with Gasteiger partial charge in [0.1, 0.15) is 11.6 Å². The maximum atomic E-state index is 11.9. The Kier molecular flexibility index (Phi) is 5.01. The number of nitrogens with one attached hydrogen (secondary N) is 2. The first-order valence-corrected chi connectivity index (χ1v) is 7.03. The summed E-state index contributed by atoms with van der Waals surface area (Å²) in [7, 11) is 0. The highest BCUT2D eigenvalue weighted by Crippen LogP contribution is 2.14. The van der Waals surface area contributed by atoms with Gasteiger partial charge in [-0.3, -0.25) is 9.78 Å². The van der Waals surface area contributed by atoms with E-state index in [1.54, 1.807) is 18.5 Å². The smallest absolute Gasteiger partial charge is 0.263 e. The highest BCUT2D eigenvalue weighted by Gasteiger charge is 2.08. The summed E-state index contributed by atoms with van der Waals surface area (Å²) < 4.78 is 0. The molecule has 2 aromatic heterocycles. The molecule has 2 heterocycles. The molecule has 0 fully saturated rings. The predicted octanol–water partition coefficient (Wildman–Crippen LogP) is 1.98. The Morgan fingerprint density at radius 2 is 2.43 bits per heavy atom. The second kappa shape index (κ2) is 7.17. The molecule has 1 amide bonds. The normalized spacial score (nSPS) is 10.8. The maximum absolute atomic E-state index is 11.9. The van der Waals surface area contributed by atoms with E-state index in [-0.39, 0.29) is 5.57 Å². The van der Waals surface area contributed by atoms with Crippen LogP contribution < -0.4 is 10.6 Å². The number of aryl methyl sites for hydroxylation is 1. The molecule has 0 saturated heterocycles. The Hall–Kier alpha value is -2.72. The molecule has 2 rings (SSSR count). The van der Waals surface area contributed by atoms with Crippen LogP contribution in [-0.2, 0) is 11.3 Å². The number of nitrogens with zero attached hydrogens (tertiary/aromatic N) is 3. The fourth-order valence-corrected chi connectivity index (χ4v) is 2.14. The molecule has 6 nitrogen and oxygen atoms in total. The molecule has 7 heteroatoms. The summed E-state index contributed by atoms with van der Waals surface area (Å²) in [6.45, 7) is 2.19. The minimum absolute atomic E-state index is 0.00765. The van der Waals surface area contributed by atoms with Crippen LogP contribution in [0.5, 0.6) is 0 Å². The van der Waals surface area contributed by atoms with Gasteiger partial charge in [-0.15, -0.1) is 11.3 Å². The van der Waals surface area contributed by atoms with Crippen molar-refractivity contribution in [1.82, 2.24) is 15.3 Å². The predicted molar refractivity (Wildman–Crippen MR) is 80.3 cm³/mol. The molecule has 0 bridgehead atoms. The van der Waals surface area contributed by atoms with Crippen molar-refractivity contribution in [3.05, 3.63) is 52.9 Å². The van der Waals surface area contributed by atoms with E-state index >= 15 is 0 Å². The van der Waals surface area contributed by atoms with Crippen LogP contribution in [0.1, 0.15) is 11.3 Å². The standard InChI is InChI=1S/C14H13N5OS/c1-10-9-21-14(19-10)18-8-12(5-15)13(20)17-7-11-3-2-4-16-6-11/h2-4,6,8-9H,7H2,1H3,(H,17,20)(H,18,19)/b12-8-. The fraction of sp³-hybridized carbons (Fsp3) is 0.143. The van der Waals surface area contributed by atoms with Gasteiger partial charge >= 0.3 is 0 Å². The van der Waals surface area contributed by atoms with Gasteiger partial charge in [-0.2, -0.15) is 5.26 Å². The van der Waals surface area contributed by atoms with E-state index in [4.69, 9.17) is 5.26 Å². The third-order valence-corrected chi connectivity index (χ3v) is 3.39. The lowest BCUT2D eigenvalue weighted by Gasteiger charge is -2.04.